The first-order valence-electron chi connectivity index (χ1n) is 11.1. The van der Waals surface area contributed by atoms with E-state index in [0.717, 1.165) is 16.9 Å². The first-order valence-corrected chi connectivity index (χ1v) is 14.0. The molecule has 0 aliphatic carbocycles. The van der Waals surface area contributed by atoms with E-state index in [0.29, 0.717) is 26.0 Å². The van der Waals surface area contributed by atoms with Crippen LogP contribution in [0.3, 0.4) is 0 Å². The Balaban J connectivity index is 1.80. The lowest BCUT2D eigenvalue weighted by atomic mass is 9.90. The Labute approximate surface area is 228 Å². The predicted octanol–water partition coefficient (Wildman–Crippen LogP) is 8.13. The molecule has 0 fully saturated rings. The topological polar surface area (TPSA) is 84.2 Å². The molecule has 4 aromatic rings. The van der Waals surface area contributed by atoms with Crippen LogP contribution in [0, 0.1) is 23.0 Å². The van der Waals surface area contributed by atoms with Gasteiger partial charge in [-0.3, -0.25) is 5.32 Å². The molecule has 0 spiro atoms. The normalized spacial score (nSPS) is 13.1. The number of fused-ring (bicyclic) bond motifs is 4. The summed E-state index contributed by atoms with van der Waals surface area (Å²) in [5.74, 6) is -1.17. The zero-order valence-electron chi connectivity index (χ0n) is 20.2. The number of thioether (sulfide) groups is 1. The molecule has 1 amide bonds. The van der Waals surface area contributed by atoms with E-state index in [1.807, 2.05) is 12.3 Å². The van der Waals surface area contributed by atoms with Gasteiger partial charge in [-0.1, -0.05) is 6.07 Å². The van der Waals surface area contributed by atoms with E-state index in [1.54, 1.807) is 20.8 Å². The van der Waals surface area contributed by atoms with Crippen molar-refractivity contribution in [1.82, 2.24) is 4.98 Å². The van der Waals surface area contributed by atoms with Crippen molar-refractivity contribution in [3.8, 4) is 17.2 Å². The quantitative estimate of drug-likeness (QED) is 0.238. The summed E-state index contributed by atoms with van der Waals surface area (Å²) in [4.78, 5) is 17.0. The van der Waals surface area contributed by atoms with E-state index < -0.39 is 23.3 Å². The van der Waals surface area contributed by atoms with Gasteiger partial charge in [0.1, 0.15) is 28.0 Å². The smallest absolute Gasteiger partial charge is 0.412 e. The van der Waals surface area contributed by atoms with Crippen LogP contribution in [0.15, 0.2) is 27.7 Å². The summed E-state index contributed by atoms with van der Waals surface area (Å²) in [5.41, 5.74) is 1.37. The fraction of sp³-hybridized carbons (Fsp3) is 0.269. The molecule has 37 heavy (non-hydrogen) atoms. The van der Waals surface area contributed by atoms with Gasteiger partial charge in [-0.25, -0.2) is 18.6 Å². The zero-order valence-corrected chi connectivity index (χ0v) is 23.4. The van der Waals surface area contributed by atoms with Crippen molar-refractivity contribution >= 4 is 71.1 Å². The molecule has 1 N–H and O–H groups in total. The Bertz CT molecular complexity index is 1660. The third-order valence-electron chi connectivity index (χ3n) is 5.83. The second-order valence-electron chi connectivity index (χ2n) is 9.35. The highest BCUT2D eigenvalue weighted by molar-refractivity contribution is 9.10. The molecule has 0 unspecified atom stereocenters. The minimum absolute atomic E-state index is 0.0273. The van der Waals surface area contributed by atoms with Gasteiger partial charge in [0, 0.05) is 20.8 Å². The summed E-state index contributed by atoms with van der Waals surface area (Å²) in [6.45, 7) is 5.55. The monoisotopic (exact) mass is 603 g/mol. The van der Waals surface area contributed by atoms with Crippen molar-refractivity contribution in [3.63, 3.8) is 0 Å². The van der Waals surface area contributed by atoms with Crippen LogP contribution in [0.4, 0.5) is 18.6 Å². The van der Waals surface area contributed by atoms with Crippen molar-refractivity contribution in [2.45, 2.75) is 44.6 Å². The number of nitrogens with zero attached hydrogens (tertiary/aromatic N) is 2. The zero-order chi connectivity index (χ0) is 26.6. The summed E-state index contributed by atoms with van der Waals surface area (Å²) in [6.07, 6.45) is 1.07. The average molecular weight is 604 g/mol. The fourth-order valence-corrected chi connectivity index (χ4v) is 6.70. The average Bonchev–Trinajstić information content (AvgIpc) is 3.44. The van der Waals surface area contributed by atoms with Gasteiger partial charge in [-0.05, 0) is 71.8 Å². The van der Waals surface area contributed by atoms with Crippen LogP contribution in [0.25, 0.3) is 32.1 Å². The van der Waals surface area contributed by atoms with E-state index in [9.17, 15) is 10.1 Å². The van der Waals surface area contributed by atoms with E-state index >= 15 is 8.78 Å². The third-order valence-corrected chi connectivity index (χ3v) is 8.20. The number of aromatic nitrogens is 1. The number of nitrogens with one attached hydrogen (secondary N) is 1. The van der Waals surface area contributed by atoms with Crippen LogP contribution in [0.1, 0.15) is 37.5 Å². The molecular weight excluding hydrogens is 584 g/mol. The van der Waals surface area contributed by atoms with Gasteiger partial charge in [0.15, 0.2) is 5.82 Å². The maximum Gasteiger partial charge on any atom is 0.412 e. The maximum absolute atomic E-state index is 16.4. The number of carbonyl (C=O) groups is 1. The number of carbonyl (C=O) groups excluding carboxylic acids is 1. The van der Waals surface area contributed by atoms with Crippen molar-refractivity contribution < 1.29 is 23.0 Å². The molecule has 0 saturated carbocycles. The standard InChI is InChI=1S/C26H20BrF2N3O3S2/c1-26(2,3)35-25(33)32-24-12(8-30)19-11(5-6-16(28)23(19)37-24)18-13-9-34-10-14(13)20-15(27)7-17(36-4)31-22(20)21(18)29/h5-7H,9-10H2,1-4H3,(H,32,33). The van der Waals surface area contributed by atoms with Gasteiger partial charge < -0.3 is 9.47 Å². The summed E-state index contributed by atoms with van der Waals surface area (Å²) < 4.78 is 43.2. The van der Waals surface area contributed by atoms with E-state index in [-0.39, 0.29) is 44.9 Å². The second-order valence-corrected chi connectivity index (χ2v) is 12.1. The number of hydrogen-bond acceptors (Lipinski definition) is 7. The van der Waals surface area contributed by atoms with Crippen LogP contribution in [0.2, 0.25) is 0 Å². The van der Waals surface area contributed by atoms with Crippen LogP contribution in [-0.2, 0) is 22.7 Å². The molecule has 2 aromatic heterocycles. The molecular formula is C26H20BrF2N3O3S2. The number of halogens is 3. The van der Waals surface area contributed by atoms with Gasteiger partial charge in [-0.15, -0.1) is 23.1 Å². The van der Waals surface area contributed by atoms with Gasteiger partial charge >= 0.3 is 6.09 Å². The van der Waals surface area contributed by atoms with Gasteiger partial charge in [0.25, 0.3) is 0 Å². The van der Waals surface area contributed by atoms with Gasteiger partial charge in [-0.2, -0.15) is 5.26 Å². The van der Waals surface area contributed by atoms with E-state index in [1.165, 1.54) is 23.9 Å². The number of amides is 1. The molecule has 0 saturated heterocycles. The highest BCUT2D eigenvalue weighted by Crippen LogP contribution is 2.47. The number of ether oxygens (including phenoxy) is 2. The summed E-state index contributed by atoms with van der Waals surface area (Å²) >= 11 is 5.84. The number of rotatable bonds is 3. The molecule has 1 aliphatic rings. The van der Waals surface area contributed by atoms with Gasteiger partial charge in [0.2, 0.25) is 0 Å². The van der Waals surface area contributed by atoms with Crippen LogP contribution < -0.4 is 5.32 Å². The Morgan fingerprint density at radius 2 is 2.00 bits per heavy atom. The molecule has 0 atom stereocenters. The lowest BCUT2D eigenvalue weighted by Crippen LogP contribution is -2.27. The number of nitriles is 1. The van der Waals surface area contributed by atoms with Crippen LogP contribution in [-0.4, -0.2) is 22.9 Å². The van der Waals surface area contributed by atoms with Crippen LogP contribution in [0.5, 0.6) is 0 Å². The molecule has 5 rings (SSSR count). The summed E-state index contributed by atoms with van der Waals surface area (Å²) in [7, 11) is 0. The van der Waals surface area contributed by atoms with E-state index in [4.69, 9.17) is 9.47 Å². The number of thiophene rings is 1. The largest absolute Gasteiger partial charge is 0.444 e. The minimum atomic E-state index is -0.776. The van der Waals surface area contributed by atoms with Crippen molar-refractivity contribution in [3.05, 3.63) is 51.0 Å². The maximum atomic E-state index is 16.4. The molecule has 190 valence electrons. The second kappa shape index (κ2) is 9.51. The highest BCUT2D eigenvalue weighted by atomic mass is 79.9. The van der Waals surface area contributed by atoms with Gasteiger partial charge in [0.05, 0.1) is 28.5 Å². The third kappa shape index (κ3) is 4.46. The van der Waals surface area contributed by atoms with Crippen molar-refractivity contribution in [2.24, 2.45) is 0 Å². The Kier molecular flexibility index (Phi) is 6.64. The molecule has 0 radical (unpaired) electrons. The first kappa shape index (κ1) is 25.9. The molecule has 6 nitrogen and oxygen atoms in total. The van der Waals surface area contributed by atoms with Crippen molar-refractivity contribution in [1.29, 1.82) is 5.26 Å². The number of benzene rings is 2. The minimum Gasteiger partial charge on any atom is -0.444 e. The number of pyridine rings is 1. The molecule has 0 bridgehead atoms. The fourth-order valence-electron chi connectivity index (χ4n) is 4.42. The van der Waals surface area contributed by atoms with Crippen LogP contribution >= 0.6 is 39.0 Å². The number of anilines is 1. The predicted molar refractivity (Wildman–Crippen MR) is 145 cm³/mol. The Hall–Kier alpha value is -2.78. The lowest BCUT2D eigenvalue weighted by molar-refractivity contribution is 0.0636. The number of hydrogen-bond donors (Lipinski definition) is 1. The summed E-state index contributed by atoms with van der Waals surface area (Å²) in [5, 5.41) is 14.2. The first-order chi connectivity index (χ1) is 17.5. The van der Waals surface area contributed by atoms with Crippen molar-refractivity contribution in [2.75, 3.05) is 11.6 Å². The molecule has 3 heterocycles. The molecule has 2 aromatic carbocycles. The molecule has 1 aliphatic heterocycles. The Morgan fingerprint density at radius 1 is 1.27 bits per heavy atom. The lowest BCUT2D eigenvalue weighted by Gasteiger charge is -2.19. The summed E-state index contributed by atoms with van der Waals surface area (Å²) in [6, 6.07) is 6.60. The highest BCUT2D eigenvalue weighted by Gasteiger charge is 2.30. The molecule has 11 heteroatoms. The van der Waals surface area contributed by atoms with E-state index in [2.05, 4.69) is 32.3 Å². The SMILES string of the molecule is CSc1cc(Br)c2c3c(c(-c4ccc(F)c5sc(NC(=O)OC(C)(C)C)c(C#N)c45)c(F)c2n1)COC3. The Morgan fingerprint density at radius 3 is 2.68 bits per heavy atom.